The molecule has 108 valence electrons. The quantitative estimate of drug-likeness (QED) is 0.772. The van der Waals surface area contributed by atoms with Crippen molar-refractivity contribution in [2.45, 2.75) is 40.2 Å². The number of benzene rings is 1. The van der Waals surface area contributed by atoms with Crippen molar-refractivity contribution >= 4 is 0 Å². The van der Waals surface area contributed by atoms with Crippen molar-refractivity contribution in [2.24, 2.45) is 5.41 Å². The summed E-state index contributed by atoms with van der Waals surface area (Å²) in [6.45, 7) is 10.1. The van der Waals surface area contributed by atoms with Crippen molar-refractivity contribution in [2.75, 3.05) is 27.2 Å². The van der Waals surface area contributed by atoms with Crippen LogP contribution in [-0.2, 0) is 6.54 Å². The lowest BCUT2D eigenvalue weighted by molar-refractivity contribution is 0.153. The Kier molecular flexibility index (Phi) is 6.53. The van der Waals surface area contributed by atoms with Gasteiger partial charge in [0.15, 0.2) is 0 Å². The molecule has 0 spiro atoms. The highest BCUT2D eigenvalue weighted by Crippen LogP contribution is 2.27. The summed E-state index contributed by atoms with van der Waals surface area (Å²) < 4.78 is 0. The Labute approximate surface area is 119 Å². The molecule has 2 nitrogen and oxygen atoms in total. The van der Waals surface area contributed by atoms with Gasteiger partial charge in [0.1, 0.15) is 0 Å². The number of rotatable bonds is 8. The molecule has 0 bridgehead atoms. The van der Waals surface area contributed by atoms with E-state index in [4.69, 9.17) is 0 Å². The Bertz CT molecular complexity index is 369. The van der Waals surface area contributed by atoms with E-state index in [9.17, 15) is 0 Å². The van der Waals surface area contributed by atoms with E-state index < -0.39 is 0 Å². The third-order valence-corrected chi connectivity index (χ3v) is 4.19. The maximum Gasteiger partial charge on any atom is 0.0231 e. The van der Waals surface area contributed by atoms with E-state index in [0.717, 1.165) is 19.6 Å². The molecule has 19 heavy (non-hydrogen) atoms. The van der Waals surface area contributed by atoms with Crippen LogP contribution in [0.5, 0.6) is 0 Å². The number of nitrogens with one attached hydrogen (secondary N) is 1. The topological polar surface area (TPSA) is 15.3 Å². The Balaban J connectivity index is 2.64. The van der Waals surface area contributed by atoms with Gasteiger partial charge in [-0.25, -0.2) is 0 Å². The number of aryl methyl sites for hydroxylation is 1. The van der Waals surface area contributed by atoms with E-state index in [1.165, 1.54) is 24.0 Å². The Morgan fingerprint density at radius 3 is 2.42 bits per heavy atom. The number of hydrogen-bond donors (Lipinski definition) is 1. The highest BCUT2D eigenvalue weighted by Gasteiger charge is 2.26. The highest BCUT2D eigenvalue weighted by molar-refractivity contribution is 5.22. The summed E-state index contributed by atoms with van der Waals surface area (Å²) in [7, 11) is 4.29. The van der Waals surface area contributed by atoms with E-state index in [1.54, 1.807) is 0 Å². The fourth-order valence-corrected chi connectivity index (χ4v) is 2.91. The summed E-state index contributed by atoms with van der Waals surface area (Å²) in [5.74, 6) is 0. The van der Waals surface area contributed by atoms with Crippen LogP contribution in [0.2, 0.25) is 0 Å². The van der Waals surface area contributed by atoms with Crippen LogP contribution >= 0.6 is 0 Å². The summed E-state index contributed by atoms with van der Waals surface area (Å²) >= 11 is 0. The molecule has 0 fully saturated rings. The molecule has 0 aliphatic heterocycles. The number of hydrogen-bond acceptors (Lipinski definition) is 2. The van der Waals surface area contributed by atoms with Crippen LogP contribution in [0, 0.1) is 12.3 Å². The van der Waals surface area contributed by atoms with Gasteiger partial charge >= 0.3 is 0 Å². The largest absolute Gasteiger partial charge is 0.319 e. The first-order chi connectivity index (χ1) is 9.05. The zero-order valence-electron chi connectivity index (χ0n) is 13.3. The van der Waals surface area contributed by atoms with Crippen molar-refractivity contribution in [1.29, 1.82) is 0 Å². The standard InChI is InChI=1S/C17H30N2/c1-6-17(7-2,13-18-4)14-19(5)12-16-10-8-9-15(3)11-16/h8-11,18H,6-7,12-14H2,1-5H3. The van der Waals surface area contributed by atoms with Gasteiger partial charge in [-0.2, -0.15) is 0 Å². The van der Waals surface area contributed by atoms with Crippen molar-refractivity contribution < 1.29 is 0 Å². The van der Waals surface area contributed by atoms with Gasteiger partial charge in [-0.3, -0.25) is 0 Å². The maximum atomic E-state index is 3.36. The lowest BCUT2D eigenvalue weighted by atomic mass is 9.81. The van der Waals surface area contributed by atoms with Crippen LogP contribution in [0.25, 0.3) is 0 Å². The first-order valence-corrected chi connectivity index (χ1v) is 7.44. The fourth-order valence-electron chi connectivity index (χ4n) is 2.91. The summed E-state index contributed by atoms with van der Waals surface area (Å²) in [5, 5.41) is 3.36. The van der Waals surface area contributed by atoms with E-state index in [1.807, 2.05) is 0 Å². The molecule has 0 aliphatic carbocycles. The molecule has 1 rings (SSSR count). The van der Waals surface area contributed by atoms with Gasteiger partial charge in [-0.15, -0.1) is 0 Å². The Morgan fingerprint density at radius 2 is 1.89 bits per heavy atom. The second kappa shape index (κ2) is 7.66. The molecule has 2 heteroatoms. The zero-order chi connectivity index (χ0) is 14.3. The summed E-state index contributed by atoms with van der Waals surface area (Å²) in [6, 6.07) is 8.82. The van der Waals surface area contributed by atoms with Gasteiger partial charge in [-0.1, -0.05) is 43.7 Å². The Hall–Kier alpha value is -0.860. The van der Waals surface area contributed by atoms with E-state index in [2.05, 4.69) is 69.3 Å². The van der Waals surface area contributed by atoms with Gasteiger partial charge < -0.3 is 10.2 Å². The van der Waals surface area contributed by atoms with Crippen molar-refractivity contribution in [1.82, 2.24) is 10.2 Å². The van der Waals surface area contributed by atoms with Crippen LogP contribution in [0.4, 0.5) is 0 Å². The average Bonchev–Trinajstić information content (AvgIpc) is 2.38. The summed E-state index contributed by atoms with van der Waals surface area (Å²) in [5.41, 5.74) is 3.15. The first kappa shape index (κ1) is 16.2. The lowest BCUT2D eigenvalue weighted by Gasteiger charge is -2.35. The normalized spacial score (nSPS) is 12.1. The molecule has 0 saturated carbocycles. The minimum atomic E-state index is 0.396. The Morgan fingerprint density at radius 1 is 1.21 bits per heavy atom. The van der Waals surface area contributed by atoms with Gasteiger partial charge in [0, 0.05) is 19.6 Å². The third-order valence-electron chi connectivity index (χ3n) is 4.19. The fraction of sp³-hybridized carbons (Fsp3) is 0.647. The molecule has 0 aromatic heterocycles. The summed E-state index contributed by atoms with van der Waals surface area (Å²) in [4.78, 5) is 2.46. The van der Waals surface area contributed by atoms with Crippen molar-refractivity contribution in [3.05, 3.63) is 35.4 Å². The molecule has 1 N–H and O–H groups in total. The third kappa shape index (κ3) is 4.96. The van der Waals surface area contributed by atoms with Crippen LogP contribution in [0.15, 0.2) is 24.3 Å². The zero-order valence-corrected chi connectivity index (χ0v) is 13.3. The second-order valence-electron chi connectivity index (χ2n) is 5.90. The maximum absolute atomic E-state index is 3.36. The van der Waals surface area contributed by atoms with Crippen LogP contribution in [0.3, 0.4) is 0 Å². The molecular formula is C17H30N2. The van der Waals surface area contributed by atoms with Crippen molar-refractivity contribution in [3.63, 3.8) is 0 Å². The molecule has 0 atom stereocenters. The average molecular weight is 262 g/mol. The van der Waals surface area contributed by atoms with Gasteiger partial charge in [0.2, 0.25) is 0 Å². The predicted octanol–water partition coefficient (Wildman–Crippen LogP) is 3.45. The molecule has 0 radical (unpaired) electrons. The molecule has 0 aliphatic rings. The van der Waals surface area contributed by atoms with Crippen LogP contribution in [-0.4, -0.2) is 32.1 Å². The molecule has 0 amide bonds. The van der Waals surface area contributed by atoms with Gasteiger partial charge in [0.25, 0.3) is 0 Å². The lowest BCUT2D eigenvalue weighted by Crippen LogP contribution is -2.41. The minimum absolute atomic E-state index is 0.396. The van der Waals surface area contributed by atoms with E-state index >= 15 is 0 Å². The van der Waals surface area contributed by atoms with Crippen LogP contribution in [0.1, 0.15) is 37.8 Å². The molecular weight excluding hydrogens is 232 g/mol. The van der Waals surface area contributed by atoms with Gasteiger partial charge in [-0.05, 0) is 44.8 Å². The van der Waals surface area contributed by atoms with E-state index in [-0.39, 0.29) is 0 Å². The SMILES string of the molecule is CCC(CC)(CNC)CN(C)Cc1cccc(C)c1. The monoisotopic (exact) mass is 262 g/mol. The summed E-state index contributed by atoms with van der Waals surface area (Å²) in [6.07, 6.45) is 2.45. The molecule has 0 heterocycles. The molecule has 1 aromatic rings. The van der Waals surface area contributed by atoms with E-state index in [0.29, 0.717) is 5.41 Å². The van der Waals surface area contributed by atoms with Crippen LogP contribution < -0.4 is 5.32 Å². The minimum Gasteiger partial charge on any atom is -0.319 e. The van der Waals surface area contributed by atoms with Gasteiger partial charge in [0.05, 0.1) is 0 Å². The van der Waals surface area contributed by atoms with Crippen molar-refractivity contribution in [3.8, 4) is 0 Å². The molecule has 0 saturated heterocycles. The second-order valence-corrected chi connectivity index (χ2v) is 5.90. The highest BCUT2D eigenvalue weighted by atomic mass is 15.1. The predicted molar refractivity (Wildman–Crippen MR) is 84.5 cm³/mol. The number of nitrogens with zero attached hydrogens (tertiary/aromatic N) is 1. The first-order valence-electron chi connectivity index (χ1n) is 7.44. The smallest absolute Gasteiger partial charge is 0.0231 e. The molecule has 0 unspecified atom stereocenters. The molecule has 1 aromatic carbocycles.